The summed E-state index contributed by atoms with van der Waals surface area (Å²) in [6, 6.07) is 4.64. The van der Waals surface area contributed by atoms with Gasteiger partial charge in [-0.05, 0) is 24.6 Å². The Bertz CT molecular complexity index is 423. The smallest absolute Gasteiger partial charge is 0.338 e. The fraction of sp³-hybridized carbons (Fsp3) is 0.385. The van der Waals surface area contributed by atoms with Crippen molar-refractivity contribution in [3.05, 3.63) is 34.9 Å². The highest BCUT2D eigenvalue weighted by atomic mass is 16.5. The molecular formula is C13H16O4. The van der Waals surface area contributed by atoms with E-state index >= 15 is 0 Å². The zero-order valence-electron chi connectivity index (χ0n) is 10.0. The third-order valence-corrected chi connectivity index (χ3v) is 2.41. The number of benzene rings is 1. The van der Waals surface area contributed by atoms with E-state index in [4.69, 9.17) is 4.74 Å². The fourth-order valence-corrected chi connectivity index (χ4v) is 1.51. The predicted octanol–water partition coefficient (Wildman–Crippen LogP) is 1.95. The molecule has 0 aliphatic heterocycles. The second-order valence-corrected chi connectivity index (χ2v) is 3.53. The first-order valence-electron chi connectivity index (χ1n) is 5.58. The number of carbonyl (C=O) groups is 2. The summed E-state index contributed by atoms with van der Waals surface area (Å²) in [5.74, 6) is -0.498. The number of carbonyl (C=O) groups excluding carboxylic acids is 2. The Morgan fingerprint density at radius 1 is 1.29 bits per heavy atom. The number of ketones is 1. The first-order valence-corrected chi connectivity index (χ1v) is 5.58. The van der Waals surface area contributed by atoms with Crippen LogP contribution in [-0.4, -0.2) is 23.5 Å². The first-order chi connectivity index (χ1) is 8.13. The van der Waals surface area contributed by atoms with Crippen molar-refractivity contribution in [1.82, 2.24) is 0 Å². The van der Waals surface area contributed by atoms with Crippen LogP contribution in [0.5, 0.6) is 0 Å². The van der Waals surface area contributed by atoms with Gasteiger partial charge < -0.3 is 9.84 Å². The van der Waals surface area contributed by atoms with E-state index in [1.807, 2.05) is 0 Å². The number of hydrogen-bond donors (Lipinski definition) is 1. The molecule has 4 heteroatoms. The van der Waals surface area contributed by atoms with Crippen LogP contribution in [0.2, 0.25) is 0 Å². The Morgan fingerprint density at radius 2 is 2.00 bits per heavy atom. The van der Waals surface area contributed by atoms with E-state index in [0.29, 0.717) is 23.1 Å². The van der Waals surface area contributed by atoms with Gasteiger partial charge in [0, 0.05) is 12.0 Å². The molecule has 0 heterocycles. The molecule has 0 bridgehead atoms. The summed E-state index contributed by atoms with van der Waals surface area (Å²) >= 11 is 0. The van der Waals surface area contributed by atoms with Gasteiger partial charge in [0.2, 0.25) is 0 Å². The van der Waals surface area contributed by atoms with Gasteiger partial charge in [0.25, 0.3) is 0 Å². The van der Waals surface area contributed by atoms with Gasteiger partial charge in [0.1, 0.15) is 0 Å². The van der Waals surface area contributed by atoms with E-state index in [9.17, 15) is 14.7 Å². The summed E-state index contributed by atoms with van der Waals surface area (Å²) in [7, 11) is 0. The Hall–Kier alpha value is -1.68. The third kappa shape index (κ3) is 3.14. The molecule has 0 spiro atoms. The summed E-state index contributed by atoms with van der Waals surface area (Å²) in [5, 5.41) is 9.20. The van der Waals surface area contributed by atoms with Crippen molar-refractivity contribution in [3.8, 4) is 0 Å². The van der Waals surface area contributed by atoms with Crippen LogP contribution in [0, 0.1) is 0 Å². The topological polar surface area (TPSA) is 63.6 Å². The van der Waals surface area contributed by atoms with Crippen LogP contribution < -0.4 is 0 Å². The molecule has 0 aromatic heterocycles. The Labute approximate surface area is 100 Å². The maximum Gasteiger partial charge on any atom is 0.338 e. The molecule has 4 nitrogen and oxygen atoms in total. The molecule has 0 aliphatic carbocycles. The van der Waals surface area contributed by atoms with E-state index in [0.717, 1.165) is 0 Å². The molecular weight excluding hydrogens is 220 g/mol. The fourth-order valence-electron chi connectivity index (χ4n) is 1.51. The first kappa shape index (κ1) is 13.4. The standard InChI is InChI=1S/C13H16O4/c1-3-12(15)9-5-6-11(10(7-9)8-14)13(16)17-4-2/h5-7,14H,3-4,8H2,1-2H3. The van der Waals surface area contributed by atoms with E-state index in [1.54, 1.807) is 19.9 Å². The summed E-state index contributed by atoms with van der Waals surface area (Å²) in [6.07, 6.45) is 0.392. The zero-order chi connectivity index (χ0) is 12.8. The molecule has 0 saturated heterocycles. The lowest BCUT2D eigenvalue weighted by Crippen LogP contribution is -2.09. The highest BCUT2D eigenvalue weighted by Gasteiger charge is 2.14. The van der Waals surface area contributed by atoms with Gasteiger partial charge in [-0.25, -0.2) is 4.79 Å². The van der Waals surface area contributed by atoms with Crippen LogP contribution in [0.3, 0.4) is 0 Å². The van der Waals surface area contributed by atoms with E-state index in [1.165, 1.54) is 12.1 Å². The van der Waals surface area contributed by atoms with Gasteiger partial charge in [0.15, 0.2) is 5.78 Å². The normalized spacial score (nSPS) is 10.1. The monoisotopic (exact) mass is 236 g/mol. The van der Waals surface area contributed by atoms with Gasteiger partial charge >= 0.3 is 5.97 Å². The lowest BCUT2D eigenvalue weighted by atomic mass is 10.0. The lowest BCUT2D eigenvalue weighted by molar-refractivity contribution is 0.0522. The quantitative estimate of drug-likeness (QED) is 0.627. The van der Waals surface area contributed by atoms with Crippen molar-refractivity contribution in [2.45, 2.75) is 26.9 Å². The molecule has 1 aromatic rings. The molecule has 0 amide bonds. The van der Waals surface area contributed by atoms with Crippen LogP contribution in [0.15, 0.2) is 18.2 Å². The number of Topliss-reactive ketones (excluding diaryl/α,β-unsaturated/α-hetero) is 1. The van der Waals surface area contributed by atoms with Crippen molar-refractivity contribution in [1.29, 1.82) is 0 Å². The van der Waals surface area contributed by atoms with Crippen LogP contribution >= 0.6 is 0 Å². The van der Waals surface area contributed by atoms with Gasteiger partial charge in [0.05, 0.1) is 18.8 Å². The van der Waals surface area contributed by atoms with Gasteiger partial charge in [-0.3, -0.25) is 4.79 Å². The molecule has 1 N–H and O–H groups in total. The number of aliphatic hydroxyl groups excluding tert-OH is 1. The average molecular weight is 236 g/mol. The maximum atomic E-state index is 11.6. The minimum atomic E-state index is -0.480. The van der Waals surface area contributed by atoms with Gasteiger partial charge in [-0.1, -0.05) is 13.0 Å². The molecule has 1 rings (SSSR count). The third-order valence-electron chi connectivity index (χ3n) is 2.41. The van der Waals surface area contributed by atoms with Crippen molar-refractivity contribution in [2.24, 2.45) is 0 Å². The molecule has 92 valence electrons. The van der Waals surface area contributed by atoms with E-state index in [2.05, 4.69) is 0 Å². The van der Waals surface area contributed by atoms with Crippen molar-refractivity contribution in [2.75, 3.05) is 6.61 Å². The van der Waals surface area contributed by atoms with Crippen LogP contribution in [0.25, 0.3) is 0 Å². The summed E-state index contributed by atoms with van der Waals surface area (Å²) < 4.78 is 4.86. The Morgan fingerprint density at radius 3 is 2.53 bits per heavy atom. The van der Waals surface area contributed by atoms with Gasteiger partial charge in [-0.15, -0.1) is 0 Å². The van der Waals surface area contributed by atoms with Crippen molar-refractivity contribution < 1.29 is 19.4 Å². The number of hydrogen-bond acceptors (Lipinski definition) is 4. The minimum absolute atomic E-state index is 0.0184. The summed E-state index contributed by atoms with van der Waals surface area (Å²) in [6.45, 7) is 3.46. The maximum absolute atomic E-state index is 11.6. The van der Waals surface area contributed by atoms with Gasteiger partial charge in [-0.2, -0.15) is 0 Å². The Kier molecular flexibility index (Phi) is 4.84. The van der Waals surface area contributed by atoms with Crippen LogP contribution in [0.4, 0.5) is 0 Å². The zero-order valence-corrected chi connectivity index (χ0v) is 10.0. The Balaban J connectivity index is 3.09. The molecule has 1 aromatic carbocycles. The molecule has 0 fully saturated rings. The largest absolute Gasteiger partial charge is 0.462 e. The number of esters is 1. The second kappa shape index (κ2) is 6.15. The number of ether oxygens (including phenoxy) is 1. The van der Waals surface area contributed by atoms with E-state index < -0.39 is 5.97 Å². The highest BCUT2D eigenvalue weighted by molar-refractivity contribution is 5.98. The van der Waals surface area contributed by atoms with E-state index in [-0.39, 0.29) is 19.0 Å². The van der Waals surface area contributed by atoms with Crippen molar-refractivity contribution in [3.63, 3.8) is 0 Å². The molecule has 0 aliphatic rings. The molecule has 0 atom stereocenters. The summed E-state index contributed by atoms with van der Waals surface area (Å²) in [4.78, 5) is 23.0. The lowest BCUT2D eigenvalue weighted by Gasteiger charge is -2.08. The highest BCUT2D eigenvalue weighted by Crippen LogP contribution is 2.15. The number of aliphatic hydroxyl groups is 1. The minimum Gasteiger partial charge on any atom is -0.462 e. The summed E-state index contributed by atoms with van der Waals surface area (Å²) in [5.41, 5.74) is 1.23. The second-order valence-electron chi connectivity index (χ2n) is 3.53. The molecule has 0 unspecified atom stereocenters. The van der Waals surface area contributed by atoms with Crippen molar-refractivity contribution >= 4 is 11.8 Å². The SMILES string of the molecule is CCOC(=O)c1ccc(C(=O)CC)cc1CO. The van der Waals surface area contributed by atoms with Crippen LogP contribution in [-0.2, 0) is 11.3 Å². The molecule has 0 saturated carbocycles. The van der Waals surface area contributed by atoms with Crippen LogP contribution in [0.1, 0.15) is 46.5 Å². The predicted molar refractivity (Wildman–Crippen MR) is 62.9 cm³/mol. The molecule has 17 heavy (non-hydrogen) atoms. The average Bonchev–Trinajstić information content (AvgIpc) is 2.37. The number of rotatable bonds is 5. The molecule has 0 radical (unpaired) electrons.